The number of hydrogen-bond acceptors (Lipinski definition) is 4. The fraction of sp³-hybridized carbons (Fsp3) is 0.300. The van der Waals surface area contributed by atoms with Gasteiger partial charge >= 0.3 is 0 Å². The minimum absolute atomic E-state index is 0.0861. The summed E-state index contributed by atoms with van der Waals surface area (Å²) in [7, 11) is 0. The normalized spacial score (nSPS) is 17.5. The van der Waals surface area contributed by atoms with E-state index in [-0.39, 0.29) is 5.91 Å². The summed E-state index contributed by atoms with van der Waals surface area (Å²) in [6.07, 6.45) is 3.76. The van der Waals surface area contributed by atoms with Crippen molar-refractivity contribution in [2.75, 3.05) is 19.8 Å². The van der Waals surface area contributed by atoms with Crippen molar-refractivity contribution in [3.8, 4) is 11.5 Å². The SMILES string of the molecule is O=C(NC[C@H]1CCCOC1)c1cc(-c2ccco2)nc2ccccc12. The number of rotatable bonds is 4. The number of pyridine rings is 1. The molecule has 5 nitrogen and oxygen atoms in total. The summed E-state index contributed by atoms with van der Waals surface area (Å²) < 4.78 is 10.9. The Hall–Kier alpha value is -2.66. The number of amides is 1. The van der Waals surface area contributed by atoms with Gasteiger partial charge in [-0.1, -0.05) is 18.2 Å². The molecule has 2 aromatic heterocycles. The smallest absolute Gasteiger partial charge is 0.252 e. The zero-order valence-electron chi connectivity index (χ0n) is 13.9. The molecular weight excluding hydrogens is 316 g/mol. The van der Waals surface area contributed by atoms with Gasteiger partial charge in [0.2, 0.25) is 0 Å². The maximum absolute atomic E-state index is 12.8. The molecule has 1 atom stereocenters. The Balaban J connectivity index is 1.63. The number of fused-ring (bicyclic) bond motifs is 1. The van der Waals surface area contributed by atoms with Crippen molar-refractivity contribution in [3.63, 3.8) is 0 Å². The number of nitrogens with one attached hydrogen (secondary N) is 1. The summed E-state index contributed by atoms with van der Waals surface area (Å²) in [6, 6.07) is 13.1. The lowest BCUT2D eigenvalue weighted by molar-refractivity contribution is 0.0536. The van der Waals surface area contributed by atoms with Crippen LogP contribution in [0.2, 0.25) is 0 Å². The second-order valence-electron chi connectivity index (χ2n) is 6.34. The maximum atomic E-state index is 12.8. The molecule has 0 unspecified atom stereocenters. The third-order valence-corrected chi connectivity index (χ3v) is 4.54. The molecule has 0 saturated carbocycles. The highest BCUT2D eigenvalue weighted by Crippen LogP contribution is 2.25. The number of ether oxygens (including phenoxy) is 1. The molecular formula is C20H20N2O3. The van der Waals surface area contributed by atoms with Gasteiger partial charge in [-0.2, -0.15) is 0 Å². The first-order valence-corrected chi connectivity index (χ1v) is 8.61. The Labute approximate surface area is 146 Å². The molecule has 0 radical (unpaired) electrons. The summed E-state index contributed by atoms with van der Waals surface area (Å²) in [5.74, 6) is 0.952. The molecule has 0 spiro atoms. The van der Waals surface area contributed by atoms with E-state index in [1.165, 1.54) is 0 Å². The zero-order chi connectivity index (χ0) is 17.1. The molecule has 1 aliphatic rings. The third kappa shape index (κ3) is 3.42. The number of nitrogens with zero attached hydrogens (tertiary/aromatic N) is 1. The highest BCUT2D eigenvalue weighted by atomic mass is 16.5. The van der Waals surface area contributed by atoms with Gasteiger partial charge in [0.05, 0.1) is 24.0 Å². The Kier molecular flexibility index (Phi) is 4.48. The minimum atomic E-state index is -0.0861. The zero-order valence-corrected chi connectivity index (χ0v) is 13.9. The van der Waals surface area contributed by atoms with Gasteiger partial charge in [-0.05, 0) is 43.0 Å². The molecule has 1 amide bonds. The van der Waals surface area contributed by atoms with Crippen LogP contribution in [0.4, 0.5) is 0 Å². The lowest BCUT2D eigenvalue weighted by Gasteiger charge is -2.22. The molecule has 5 heteroatoms. The van der Waals surface area contributed by atoms with Crippen LogP contribution in [0.3, 0.4) is 0 Å². The number of aromatic nitrogens is 1. The number of furan rings is 1. The average molecular weight is 336 g/mol. The lowest BCUT2D eigenvalue weighted by Crippen LogP contribution is -2.33. The fourth-order valence-corrected chi connectivity index (χ4v) is 3.21. The van der Waals surface area contributed by atoms with Crippen LogP contribution in [0, 0.1) is 5.92 Å². The predicted octanol–water partition coefficient (Wildman–Crippen LogP) is 3.65. The van der Waals surface area contributed by atoms with Crippen molar-refractivity contribution < 1.29 is 13.9 Å². The van der Waals surface area contributed by atoms with Crippen molar-refractivity contribution in [2.24, 2.45) is 5.92 Å². The number of benzene rings is 1. The van der Waals surface area contributed by atoms with E-state index in [2.05, 4.69) is 10.3 Å². The second kappa shape index (κ2) is 7.07. The third-order valence-electron chi connectivity index (χ3n) is 4.54. The summed E-state index contributed by atoms with van der Waals surface area (Å²) in [6.45, 7) is 2.17. The summed E-state index contributed by atoms with van der Waals surface area (Å²) in [4.78, 5) is 17.4. The van der Waals surface area contributed by atoms with Crippen LogP contribution in [-0.4, -0.2) is 30.6 Å². The molecule has 1 saturated heterocycles. The molecule has 0 aliphatic carbocycles. The summed E-state index contributed by atoms with van der Waals surface area (Å²) in [5, 5.41) is 3.90. The topological polar surface area (TPSA) is 64.4 Å². The van der Waals surface area contributed by atoms with E-state index in [0.717, 1.165) is 37.0 Å². The molecule has 1 N–H and O–H groups in total. The van der Waals surface area contributed by atoms with Gasteiger partial charge in [0.1, 0.15) is 5.69 Å². The van der Waals surface area contributed by atoms with E-state index in [4.69, 9.17) is 9.15 Å². The van der Waals surface area contributed by atoms with Crippen molar-refractivity contribution >= 4 is 16.8 Å². The number of hydrogen-bond donors (Lipinski definition) is 1. The van der Waals surface area contributed by atoms with Crippen LogP contribution in [0.1, 0.15) is 23.2 Å². The van der Waals surface area contributed by atoms with E-state index in [1.807, 2.05) is 36.4 Å². The Morgan fingerprint density at radius 1 is 1.24 bits per heavy atom. The number of carbonyl (C=O) groups excluding carboxylic acids is 1. The van der Waals surface area contributed by atoms with Crippen LogP contribution >= 0.6 is 0 Å². The largest absolute Gasteiger partial charge is 0.463 e. The highest BCUT2D eigenvalue weighted by Gasteiger charge is 2.18. The molecule has 3 heterocycles. The van der Waals surface area contributed by atoms with Crippen LogP contribution < -0.4 is 5.32 Å². The van der Waals surface area contributed by atoms with Crippen molar-refractivity contribution in [1.82, 2.24) is 10.3 Å². The van der Waals surface area contributed by atoms with E-state index < -0.39 is 0 Å². The van der Waals surface area contributed by atoms with E-state index in [9.17, 15) is 4.79 Å². The average Bonchev–Trinajstić information content (AvgIpc) is 3.21. The van der Waals surface area contributed by atoms with Crippen LogP contribution in [-0.2, 0) is 4.74 Å². The first kappa shape index (κ1) is 15.8. The lowest BCUT2D eigenvalue weighted by atomic mass is 10.0. The van der Waals surface area contributed by atoms with Crippen molar-refractivity contribution in [3.05, 3.63) is 54.3 Å². The first-order chi connectivity index (χ1) is 12.3. The van der Waals surface area contributed by atoms with Gasteiger partial charge in [0.15, 0.2) is 5.76 Å². The van der Waals surface area contributed by atoms with Gasteiger partial charge in [-0.25, -0.2) is 4.98 Å². The van der Waals surface area contributed by atoms with E-state index in [1.54, 1.807) is 12.3 Å². The molecule has 4 rings (SSSR count). The molecule has 128 valence electrons. The van der Waals surface area contributed by atoms with E-state index >= 15 is 0 Å². The number of carbonyl (C=O) groups is 1. The minimum Gasteiger partial charge on any atom is -0.463 e. The van der Waals surface area contributed by atoms with Gasteiger partial charge in [0, 0.05) is 18.5 Å². The molecule has 25 heavy (non-hydrogen) atoms. The molecule has 1 aromatic carbocycles. The second-order valence-corrected chi connectivity index (χ2v) is 6.34. The summed E-state index contributed by atoms with van der Waals surface area (Å²) >= 11 is 0. The van der Waals surface area contributed by atoms with Gasteiger partial charge in [0.25, 0.3) is 5.91 Å². The Morgan fingerprint density at radius 3 is 2.96 bits per heavy atom. The van der Waals surface area contributed by atoms with Crippen molar-refractivity contribution in [2.45, 2.75) is 12.8 Å². The fourth-order valence-electron chi connectivity index (χ4n) is 3.21. The molecule has 3 aromatic rings. The quantitative estimate of drug-likeness (QED) is 0.790. The number of para-hydroxylation sites is 1. The Morgan fingerprint density at radius 2 is 2.16 bits per heavy atom. The predicted molar refractivity (Wildman–Crippen MR) is 95.3 cm³/mol. The van der Waals surface area contributed by atoms with Gasteiger partial charge in [-0.15, -0.1) is 0 Å². The van der Waals surface area contributed by atoms with Crippen LogP contribution in [0.15, 0.2) is 53.1 Å². The van der Waals surface area contributed by atoms with Gasteiger partial charge < -0.3 is 14.5 Å². The summed E-state index contributed by atoms with van der Waals surface area (Å²) in [5.41, 5.74) is 2.06. The molecule has 0 bridgehead atoms. The van der Waals surface area contributed by atoms with Crippen LogP contribution in [0.25, 0.3) is 22.4 Å². The van der Waals surface area contributed by atoms with E-state index in [0.29, 0.717) is 29.5 Å². The van der Waals surface area contributed by atoms with Crippen molar-refractivity contribution in [1.29, 1.82) is 0 Å². The maximum Gasteiger partial charge on any atom is 0.252 e. The van der Waals surface area contributed by atoms with Gasteiger partial charge in [-0.3, -0.25) is 4.79 Å². The molecule has 1 aliphatic heterocycles. The standard InChI is InChI=1S/C20H20N2O3/c23-20(21-12-14-5-3-9-24-13-14)16-11-18(19-8-4-10-25-19)22-17-7-2-1-6-15(16)17/h1-2,4,6-8,10-11,14H,3,5,9,12-13H2,(H,21,23)/t14-/m1/s1. The first-order valence-electron chi connectivity index (χ1n) is 8.61. The monoisotopic (exact) mass is 336 g/mol. The Bertz CT molecular complexity index is 868. The highest BCUT2D eigenvalue weighted by molar-refractivity contribution is 6.07. The van der Waals surface area contributed by atoms with Crippen LogP contribution in [0.5, 0.6) is 0 Å². The molecule has 1 fully saturated rings.